The minimum atomic E-state index is 0.830. The number of pyridine rings is 2. The molecule has 2 N–H and O–H groups in total. The second-order valence-corrected chi connectivity index (χ2v) is 8.55. The Balaban J connectivity index is 1.52. The summed E-state index contributed by atoms with van der Waals surface area (Å²) in [4.78, 5) is 15.1. The average Bonchev–Trinajstić information content (AvgIpc) is 3.51. The van der Waals surface area contributed by atoms with Crippen molar-refractivity contribution < 1.29 is 0 Å². The maximum atomic E-state index is 4.59. The van der Waals surface area contributed by atoms with Gasteiger partial charge < -0.3 is 4.98 Å². The van der Waals surface area contributed by atoms with Gasteiger partial charge in [0.2, 0.25) is 0 Å². The van der Waals surface area contributed by atoms with Gasteiger partial charge in [-0.1, -0.05) is 18.2 Å². The number of rotatable bonds is 3. The van der Waals surface area contributed by atoms with Crippen molar-refractivity contribution >= 4 is 33.1 Å². The molecule has 0 saturated carbocycles. The number of nitrogens with one attached hydrogen (secondary N) is 2. The monoisotopic (exact) mass is 407 g/mol. The Morgan fingerprint density at radius 2 is 1.80 bits per heavy atom. The molecule has 5 nitrogen and oxygen atoms in total. The molecule has 6 heteroatoms. The van der Waals surface area contributed by atoms with Gasteiger partial charge in [0, 0.05) is 37.8 Å². The summed E-state index contributed by atoms with van der Waals surface area (Å²) in [5, 5.41) is 9.91. The normalized spacial score (nSPS) is 11.5. The topological polar surface area (TPSA) is 70.2 Å². The van der Waals surface area contributed by atoms with E-state index in [4.69, 9.17) is 0 Å². The lowest BCUT2D eigenvalue weighted by Crippen LogP contribution is -1.86. The molecule has 0 saturated heterocycles. The van der Waals surface area contributed by atoms with Crippen molar-refractivity contribution in [1.29, 1.82) is 0 Å². The summed E-state index contributed by atoms with van der Waals surface area (Å²) in [6.07, 6.45) is 3.60. The van der Waals surface area contributed by atoms with Crippen molar-refractivity contribution in [2.24, 2.45) is 0 Å². The highest BCUT2D eigenvalue weighted by molar-refractivity contribution is 7.15. The third kappa shape index (κ3) is 2.73. The average molecular weight is 408 g/mol. The fraction of sp³-hybridized carbons (Fsp3) is 0.0417. The van der Waals surface area contributed by atoms with E-state index in [2.05, 4.69) is 68.5 Å². The number of hydrogen-bond donors (Lipinski definition) is 2. The van der Waals surface area contributed by atoms with Crippen LogP contribution in [0.25, 0.3) is 55.0 Å². The Hall–Kier alpha value is -3.77. The molecule has 0 radical (unpaired) electrons. The molecule has 30 heavy (non-hydrogen) atoms. The second-order valence-electron chi connectivity index (χ2n) is 7.26. The lowest BCUT2D eigenvalue weighted by molar-refractivity contribution is 1.11. The van der Waals surface area contributed by atoms with Crippen LogP contribution >= 0.6 is 11.3 Å². The first kappa shape index (κ1) is 17.1. The van der Waals surface area contributed by atoms with Gasteiger partial charge in [-0.2, -0.15) is 5.10 Å². The largest absolute Gasteiger partial charge is 0.353 e. The zero-order chi connectivity index (χ0) is 20.1. The van der Waals surface area contributed by atoms with Crippen molar-refractivity contribution in [1.82, 2.24) is 25.1 Å². The maximum Gasteiger partial charge on any atom is 0.116 e. The van der Waals surface area contributed by atoms with Crippen LogP contribution in [0.15, 0.2) is 73.1 Å². The van der Waals surface area contributed by atoms with Crippen LogP contribution in [0.3, 0.4) is 0 Å². The Labute approximate surface area is 176 Å². The number of benzene rings is 1. The summed E-state index contributed by atoms with van der Waals surface area (Å²) in [6.45, 7) is 2.14. The first-order valence-corrected chi connectivity index (χ1v) is 10.5. The fourth-order valence-corrected chi connectivity index (χ4v) is 4.76. The van der Waals surface area contributed by atoms with Crippen molar-refractivity contribution in [2.75, 3.05) is 0 Å². The number of aromatic amines is 2. The minimum absolute atomic E-state index is 0.830. The Morgan fingerprint density at radius 1 is 0.833 bits per heavy atom. The summed E-state index contributed by atoms with van der Waals surface area (Å²) in [5.41, 5.74) is 6.78. The SMILES string of the molecule is Cc1ccc(-c2cccc3[nH]c(-c4n[nH]c5cnc(-c6ccccn6)cc45)cc23)s1. The molecule has 0 amide bonds. The lowest BCUT2D eigenvalue weighted by atomic mass is 10.1. The summed E-state index contributed by atoms with van der Waals surface area (Å²) in [7, 11) is 0. The maximum absolute atomic E-state index is 4.59. The second kappa shape index (κ2) is 6.64. The molecule has 0 unspecified atom stereocenters. The number of aryl methyl sites for hydroxylation is 1. The number of hydrogen-bond acceptors (Lipinski definition) is 4. The molecular formula is C24H17N5S. The van der Waals surface area contributed by atoms with E-state index < -0.39 is 0 Å². The van der Waals surface area contributed by atoms with Crippen LogP contribution in [0, 0.1) is 6.92 Å². The van der Waals surface area contributed by atoms with E-state index in [0.29, 0.717) is 0 Å². The molecule has 0 aliphatic carbocycles. The van der Waals surface area contributed by atoms with Gasteiger partial charge in [-0.05, 0) is 49.4 Å². The van der Waals surface area contributed by atoms with E-state index in [-0.39, 0.29) is 0 Å². The van der Waals surface area contributed by atoms with E-state index in [1.165, 1.54) is 20.7 Å². The summed E-state index contributed by atoms with van der Waals surface area (Å²) in [5.74, 6) is 0. The van der Waals surface area contributed by atoms with E-state index in [0.717, 1.165) is 39.2 Å². The van der Waals surface area contributed by atoms with Gasteiger partial charge in [0.15, 0.2) is 0 Å². The van der Waals surface area contributed by atoms with Crippen LogP contribution in [0.5, 0.6) is 0 Å². The smallest absolute Gasteiger partial charge is 0.116 e. The zero-order valence-electron chi connectivity index (χ0n) is 16.2. The highest BCUT2D eigenvalue weighted by atomic mass is 32.1. The Bertz CT molecular complexity index is 1510. The van der Waals surface area contributed by atoms with Crippen LogP contribution in [0.2, 0.25) is 0 Å². The molecule has 0 aliphatic rings. The number of H-pyrrole nitrogens is 2. The van der Waals surface area contributed by atoms with E-state index >= 15 is 0 Å². The van der Waals surface area contributed by atoms with Crippen molar-refractivity contribution in [3.05, 3.63) is 77.9 Å². The molecule has 0 aliphatic heterocycles. The molecule has 144 valence electrons. The number of fused-ring (bicyclic) bond motifs is 2. The van der Waals surface area contributed by atoms with Crippen LogP contribution < -0.4 is 0 Å². The van der Waals surface area contributed by atoms with E-state index in [9.17, 15) is 0 Å². The van der Waals surface area contributed by atoms with Gasteiger partial charge in [0.05, 0.1) is 28.8 Å². The summed E-state index contributed by atoms with van der Waals surface area (Å²) in [6, 6.07) is 20.8. The third-order valence-corrected chi connectivity index (χ3v) is 6.33. The standard InChI is InChI=1S/C24H17N5S/c1-14-8-9-23(30-14)15-5-4-7-18-16(15)11-21(27-18)24-17-12-20(19-6-2-3-10-25-19)26-13-22(17)28-29-24/h2-13,27H,1H3,(H,28,29). The molecule has 0 fully saturated rings. The number of nitrogens with zero attached hydrogens (tertiary/aromatic N) is 3. The van der Waals surface area contributed by atoms with Gasteiger partial charge >= 0.3 is 0 Å². The first-order chi connectivity index (χ1) is 14.8. The van der Waals surface area contributed by atoms with Crippen LogP contribution in [0.4, 0.5) is 0 Å². The van der Waals surface area contributed by atoms with Crippen LogP contribution in [-0.4, -0.2) is 25.1 Å². The number of thiophene rings is 1. The van der Waals surface area contributed by atoms with Gasteiger partial charge in [-0.3, -0.25) is 15.1 Å². The predicted octanol–water partition coefficient (Wildman–Crippen LogP) is 6.21. The highest BCUT2D eigenvalue weighted by Gasteiger charge is 2.15. The summed E-state index contributed by atoms with van der Waals surface area (Å²) >= 11 is 1.81. The zero-order valence-corrected chi connectivity index (χ0v) is 17.0. The quantitative estimate of drug-likeness (QED) is 0.367. The molecule has 5 aromatic heterocycles. The molecule has 0 atom stereocenters. The molecular weight excluding hydrogens is 390 g/mol. The summed E-state index contributed by atoms with van der Waals surface area (Å²) < 4.78 is 0. The van der Waals surface area contributed by atoms with E-state index in [1.54, 1.807) is 6.20 Å². The van der Waals surface area contributed by atoms with Gasteiger partial charge in [-0.25, -0.2) is 0 Å². The highest BCUT2D eigenvalue weighted by Crippen LogP contribution is 2.36. The van der Waals surface area contributed by atoms with Gasteiger partial charge in [0.1, 0.15) is 5.69 Å². The molecule has 6 aromatic rings. The molecule has 0 bridgehead atoms. The Kier molecular flexibility index (Phi) is 3.79. The molecule has 6 rings (SSSR count). The Morgan fingerprint density at radius 3 is 2.63 bits per heavy atom. The van der Waals surface area contributed by atoms with Gasteiger partial charge in [-0.15, -0.1) is 11.3 Å². The lowest BCUT2D eigenvalue weighted by Gasteiger charge is -2.00. The predicted molar refractivity (Wildman–Crippen MR) is 122 cm³/mol. The fourth-order valence-electron chi connectivity index (χ4n) is 3.85. The van der Waals surface area contributed by atoms with Crippen LogP contribution in [-0.2, 0) is 0 Å². The van der Waals surface area contributed by atoms with Gasteiger partial charge in [0.25, 0.3) is 0 Å². The van der Waals surface area contributed by atoms with Crippen molar-refractivity contribution in [3.63, 3.8) is 0 Å². The molecule has 1 aromatic carbocycles. The van der Waals surface area contributed by atoms with Crippen LogP contribution in [0.1, 0.15) is 4.88 Å². The first-order valence-electron chi connectivity index (χ1n) is 9.71. The third-order valence-electron chi connectivity index (χ3n) is 5.30. The minimum Gasteiger partial charge on any atom is -0.353 e. The van der Waals surface area contributed by atoms with E-state index in [1.807, 2.05) is 41.8 Å². The van der Waals surface area contributed by atoms with Crippen molar-refractivity contribution in [2.45, 2.75) is 6.92 Å². The number of aromatic nitrogens is 5. The molecule has 5 heterocycles. The van der Waals surface area contributed by atoms with Crippen molar-refractivity contribution in [3.8, 4) is 33.2 Å². The molecule has 0 spiro atoms.